The van der Waals surface area contributed by atoms with Crippen molar-refractivity contribution >= 4 is 0 Å². The lowest BCUT2D eigenvalue weighted by atomic mass is 9.89. The monoisotopic (exact) mass is 176 g/mol. The molecular weight excluding hydrogens is 156 g/mol. The summed E-state index contributed by atoms with van der Waals surface area (Å²) in [6, 6.07) is 0. The van der Waals surface area contributed by atoms with Crippen molar-refractivity contribution in [2.45, 2.75) is 40.5 Å². The predicted molar refractivity (Wildman–Crippen MR) is 57.5 cm³/mol. The van der Waals surface area contributed by atoms with Crippen LogP contribution in [0.2, 0.25) is 0 Å². The molecule has 0 amide bonds. The summed E-state index contributed by atoms with van der Waals surface area (Å²) in [5.41, 5.74) is 5.06. The van der Waals surface area contributed by atoms with Crippen LogP contribution in [0.1, 0.15) is 40.5 Å². The third kappa shape index (κ3) is 1.11. The number of allylic oxidation sites excluding steroid dienone is 3. The van der Waals surface area contributed by atoms with E-state index in [0.29, 0.717) is 5.41 Å². The fourth-order valence-electron chi connectivity index (χ4n) is 3.26. The molecule has 72 valence electrons. The lowest BCUT2D eigenvalue weighted by Gasteiger charge is -2.17. The summed E-state index contributed by atoms with van der Waals surface area (Å²) in [4.78, 5) is 0. The lowest BCUT2D eigenvalue weighted by Crippen LogP contribution is -2.02. The molecule has 2 rings (SSSR count). The van der Waals surface area contributed by atoms with Crippen LogP contribution in [-0.2, 0) is 0 Å². The van der Waals surface area contributed by atoms with Gasteiger partial charge in [0.2, 0.25) is 0 Å². The molecule has 2 aliphatic rings. The first kappa shape index (κ1) is 9.05. The van der Waals surface area contributed by atoms with Crippen LogP contribution in [-0.4, -0.2) is 0 Å². The zero-order valence-electron chi connectivity index (χ0n) is 9.28. The Labute approximate surface area is 81.7 Å². The Hall–Kier alpha value is -0.520. The predicted octanol–water partition coefficient (Wildman–Crippen LogP) is 3.95. The largest absolute Gasteiger partial charge is 0.0958 e. The first-order valence-electron chi connectivity index (χ1n) is 5.31. The molecule has 0 aromatic heterocycles. The number of hydrogen-bond acceptors (Lipinski definition) is 0. The molecule has 0 aliphatic heterocycles. The first-order valence-corrected chi connectivity index (χ1v) is 5.31. The Balaban J connectivity index is 2.37. The number of rotatable bonds is 1. The molecule has 1 fully saturated rings. The van der Waals surface area contributed by atoms with Gasteiger partial charge in [-0.3, -0.25) is 0 Å². The van der Waals surface area contributed by atoms with Gasteiger partial charge in [0.05, 0.1) is 0 Å². The molecule has 2 aliphatic carbocycles. The van der Waals surface area contributed by atoms with Gasteiger partial charge in [0, 0.05) is 0 Å². The zero-order valence-corrected chi connectivity index (χ0v) is 9.28. The highest BCUT2D eigenvalue weighted by molar-refractivity contribution is 5.42. The third-order valence-electron chi connectivity index (χ3n) is 4.11. The van der Waals surface area contributed by atoms with Crippen LogP contribution in [0, 0.1) is 17.3 Å². The minimum absolute atomic E-state index is 0.562. The minimum atomic E-state index is 0.562. The fourth-order valence-corrected chi connectivity index (χ4v) is 3.26. The van der Waals surface area contributed by atoms with Crippen LogP contribution >= 0.6 is 0 Å². The molecule has 2 unspecified atom stereocenters. The van der Waals surface area contributed by atoms with E-state index in [0.717, 1.165) is 11.8 Å². The molecule has 0 bridgehead atoms. The standard InChI is InChI=1S/C13H20/c1-8(2)11-9(3)6-7-10-12(11)13(10,4)5/h10,12H,1,6-7H2,2-5H3. The number of hydrogen-bond donors (Lipinski definition) is 0. The van der Waals surface area contributed by atoms with E-state index < -0.39 is 0 Å². The van der Waals surface area contributed by atoms with Crippen molar-refractivity contribution in [2.24, 2.45) is 17.3 Å². The summed E-state index contributed by atoms with van der Waals surface area (Å²) in [5.74, 6) is 1.78. The van der Waals surface area contributed by atoms with E-state index >= 15 is 0 Å². The Kier molecular flexibility index (Phi) is 1.74. The minimum Gasteiger partial charge on any atom is -0.0958 e. The van der Waals surface area contributed by atoms with Gasteiger partial charge in [-0.2, -0.15) is 0 Å². The van der Waals surface area contributed by atoms with Gasteiger partial charge in [-0.1, -0.05) is 31.6 Å². The van der Waals surface area contributed by atoms with Crippen molar-refractivity contribution in [3.8, 4) is 0 Å². The maximum atomic E-state index is 4.11. The van der Waals surface area contributed by atoms with Crippen LogP contribution in [0.5, 0.6) is 0 Å². The molecule has 0 nitrogen and oxygen atoms in total. The van der Waals surface area contributed by atoms with Crippen LogP contribution in [0.15, 0.2) is 23.3 Å². The Bertz CT molecular complexity index is 291. The van der Waals surface area contributed by atoms with E-state index in [-0.39, 0.29) is 0 Å². The van der Waals surface area contributed by atoms with Crippen molar-refractivity contribution in [1.82, 2.24) is 0 Å². The van der Waals surface area contributed by atoms with Crippen molar-refractivity contribution in [1.29, 1.82) is 0 Å². The molecule has 0 heteroatoms. The van der Waals surface area contributed by atoms with Gasteiger partial charge in [-0.25, -0.2) is 0 Å². The van der Waals surface area contributed by atoms with Crippen LogP contribution in [0.25, 0.3) is 0 Å². The molecule has 0 N–H and O–H groups in total. The van der Waals surface area contributed by atoms with Crippen molar-refractivity contribution in [2.75, 3.05) is 0 Å². The lowest BCUT2D eigenvalue weighted by molar-refractivity contribution is 0.533. The SMILES string of the molecule is C=C(C)C1=C(C)CCC2C1C2(C)C. The maximum absolute atomic E-state index is 4.11. The van der Waals surface area contributed by atoms with Crippen molar-refractivity contribution in [3.05, 3.63) is 23.3 Å². The van der Waals surface area contributed by atoms with E-state index in [4.69, 9.17) is 0 Å². The summed E-state index contributed by atoms with van der Waals surface area (Å²) in [6.07, 6.45) is 2.70. The molecule has 2 atom stereocenters. The molecule has 0 radical (unpaired) electrons. The van der Waals surface area contributed by atoms with E-state index in [1.807, 2.05) is 0 Å². The van der Waals surface area contributed by atoms with Crippen LogP contribution in [0.3, 0.4) is 0 Å². The van der Waals surface area contributed by atoms with Gasteiger partial charge in [0.1, 0.15) is 0 Å². The molecule has 0 heterocycles. The van der Waals surface area contributed by atoms with Crippen LogP contribution < -0.4 is 0 Å². The maximum Gasteiger partial charge on any atom is -0.00721 e. The van der Waals surface area contributed by atoms with Gasteiger partial charge < -0.3 is 0 Å². The van der Waals surface area contributed by atoms with Crippen LogP contribution in [0.4, 0.5) is 0 Å². The first-order chi connectivity index (χ1) is 5.96. The van der Waals surface area contributed by atoms with Crippen molar-refractivity contribution in [3.63, 3.8) is 0 Å². The van der Waals surface area contributed by atoms with Gasteiger partial charge in [-0.05, 0) is 49.5 Å². The summed E-state index contributed by atoms with van der Waals surface area (Å²) >= 11 is 0. The quantitative estimate of drug-likeness (QED) is 0.567. The van der Waals surface area contributed by atoms with E-state index in [2.05, 4.69) is 34.3 Å². The molecular formula is C13H20. The highest BCUT2D eigenvalue weighted by Gasteiger charge is 2.60. The van der Waals surface area contributed by atoms with Gasteiger partial charge in [-0.15, -0.1) is 0 Å². The average molecular weight is 176 g/mol. The van der Waals surface area contributed by atoms with E-state index in [9.17, 15) is 0 Å². The zero-order chi connectivity index (χ0) is 9.80. The second kappa shape index (κ2) is 2.50. The molecule has 0 aromatic rings. The second-order valence-electron chi connectivity index (χ2n) is 5.42. The second-order valence-corrected chi connectivity index (χ2v) is 5.42. The molecule has 13 heavy (non-hydrogen) atoms. The topological polar surface area (TPSA) is 0 Å². The van der Waals surface area contributed by atoms with E-state index in [1.54, 1.807) is 11.1 Å². The Morgan fingerprint density at radius 1 is 1.46 bits per heavy atom. The van der Waals surface area contributed by atoms with Crippen molar-refractivity contribution < 1.29 is 0 Å². The summed E-state index contributed by atoms with van der Waals surface area (Å²) in [6.45, 7) is 13.4. The van der Waals surface area contributed by atoms with Gasteiger partial charge >= 0.3 is 0 Å². The molecule has 0 spiro atoms. The van der Waals surface area contributed by atoms with Gasteiger partial charge in [0.15, 0.2) is 0 Å². The summed E-state index contributed by atoms with van der Waals surface area (Å²) in [7, 11) is 0. The molecule has 0 aromatic carbocycles. The number of fused-ring (bicyclic) bond motifs is 1. The summed E-state index contributed by atoms with van der Waals surface area (Å²) < 4.78 is 0. The highest BCUT2D eigenvalue weighted by Crippen LogP contribution is 2.67. The normalized spacial score (nSPS) is 35.7. The van der Waals surface area contributed by atoms with E-state index in [1.165, 1.54) is 18.4 Å². The fraction of sp³-hybridized carbons (Fsp3) is 0.692. The smallest absolute Gasteiger partial charge is 0.00721 e. The Morgan fingerprint density at radius 3 is 2.54 bits per heavy atom. The van der Waals surface area contributed by atoms with Gasteiger partial charge in [0.25, 0.3) is 0 Å². The molecule has 1 saturated carbocycles. The summed E-state index contributed by atoms with van der Waals surface area (Å²) in [5, 5.41) is 0. The Morgan fingerprint density at radius 2 is 2.08 bits per heavy atom. The molecule has 0 saturated heterocycles. The average Bonchev–Trinajstić information content (AvgIpc) is 2.53. The highest BCUT2D eigenvalue weighted by atomic mass is 14.6. The third-order valence-corrected chi connectivity index (χ3v) is 4.11.